The third-order valence-corrected chi connectivity index (χ3v) is 2.45. The predicted molar refractivity (Wildman–Crippen MR) is 71.2 cm³/mol. The molecule has 0 bridgehead atoms. The summed E-state index contributed by atoms with van der Waals surface area (Å²) in [6, 6.07) is 20.7. The third kappa shape index (κ3) is 3.52. The third-order valence-electron chi connectivity index (χ3n) is 2.45. The SMILES string of the molecule is C=CCN(c1ccccc1)c1ccccc1.[H-].[Li+]. The molecule has 0 radical (unpaired) electrons. The van der Waals surface area contributed by atoms with E-state index in [2.05, 4.69) is 35.7 Å². The van der Waals surface area contributed by atoms with E-state index in [1.807, 2.05) is 42.5 Å². The zero-order valence-corrected chi connectivity index (χ0v) is 10.2. The molecule has 1 nitrogen and oxygen atoms in total. The fraction of sp³-hybridized carbons (Fsp3) is 0.0667. The minimum Gasteiger partial charge on any atom is -1.00 e. The van der Waals surface area contributed by atoms with Crippen molar-refractivity contribution in [1.29, 1.82) is 0 Å². The molecular weight excluding hydrogens is 201 g/mol. The second-order valence-corrected chi connectivity index (χ2v) is 3.57. The summed E-state index contributed by atoms with van der Waals surface area (Å²) >= 11 is 0. The first-order valence-corrected chi connectivity index (χ1v) is 5.40. The van der Waals surface area contributed by atoms with Gasteiger partial charge in [0.05, 0.1) is 0 Å². The van der Waals surface area contributed by atoms with Crippen LogP contribution in [-0.4, -0.2) is 6.54 Å². The maximum Gasteiger partial charge on any atom is 1.00 e. The van der Waals surface area contributed by atoms with E-state index in [9.17, 15) is 0 Å². The Labute approximate surface area is 116 Å². The maximum atomic E-state index is 3.81. The largest absolute Gasteiger partial charge is 1.00 e. The van der Waals surface area contributed by atoms with E-state index in [4.69, 9.17) is 0 Å². The Kier molecular flexibility index (Phi) is 5.63. The summed E-state index contributed by atoms with van der Waals surface area (Å²) in [6.07, 6.45) is 1.92. The van der Waals surface area contributed by atoms with Gasteiger partial charge < -0.3 is 6.33 Å². The van der Waals surface area contributed by atoms with Gasteiger partial charge in [0, 0.05) is 17.9 Å². The second-order valence-electron chi connectivity index (χ2n) is 3.57. The first-order chi connectivity index (χ1) is 7.92. The minimum atomic E-state index is 0. The maximum absolute atomic E-state index is 3.81. The normalized spacial score (nSPS) is 9.18. The molecule has 0 spiro atoms. The summed E-state index contributed by atoms with van der Waals surface area (Å²) in [5, 5.41) is 0. The molecule has 2 aromatic carbocycles. The van der Waals surface area contributed by atoms with Crippen molar-refractivity contribution in [3.63, 3.8) is 0 Å². The summed E-state index contributed by atoms with van der Waals surface area (Å²) in [7, 11) is 0. The van der Waals surface area contributed by atoms with Crippen molar-refractivity contribution < 1.29 is 20.3 Å². The summed E-state index contributed by atoms with van der Waals surface area (Å²) < 4.78 is 0. The van der Waals surface area contributed by atoms with Crippen molar-refractivity contribution in [2.24, 2.45) is 0 Å². The van der Waals surface area contributed by atoms with Crippen LogP contribution < -0.4 is 23.8 Å². The average molecular weight is 217 g/mol. The number of nitrogens with zero attached hydrogens (tertiary/aromatic N) is 1. The Hall–Kier alpha value is -1.42. The van der Waals surface area contributed by atoms with Gasteiger partial charge in [0.1, 0.15) is 0 Å². The number of hydrogen-bond donors (Lipinski definition) is 0. The van der Waals surface area contributed by atoms with Gasteiger partial charge in [-0.3, -0.25) is 0 Å². The summed E-state index contributed by atoms with van der Waals surface area (Å²) in [4.78, 5) is 2.23. The van der Waals surface area contributed by atoms with E-state index >= 15 is 0 Å². The van der Waals surface area contributed by atoms with E-state index in [-0.39, 0.29) is 20.3 Å². The molecule has 0 atom stereocenters. The fourth-order valence-corrected chi connectivity index (χ4v) is 1.70. The number of benzene rings is 2. The first-order valence-electron chi connectivity index (χ1n) is 5.40. The van der Waals surface area contributed by atoms with E-state index in [1.54, 1.807) is 0 Å². The topological polar surface area (TPSA) is 3.24 Å². The van der Waals surface area contributed by atoms with Crippen LogP contribution >= 0.6 is 0 Å². The molecule has 0 amide bonds. The minimum absolute atomic E-state index is 0. The molecule has 0 aliphatic heterocycles. The number of rotatable bonds is 4. The average Bonchev–Trinajstić information content (AvgIpc) is 2.38. The molecule has 17 heavy (non-hydrogen) atoms. The van der Waals surface area contributed by atoms with Crippen LogP contribution in [0.5, 0.6) is 0 Å². The molecule has 0 N–H and O–H groups in total. The van der Waals surface area contributed by atoms with Crippen molar-refractivity contribution in [3.05, 3.63) is 73.3 Å². The van der Waals surface area contributed by atoms with Gasteiger partial charge in [0.2, 0.25) is 0 Å². The van der Waals surface area contributed by atoms with E-state index < -0.39 is 0 Å². The van der Waals surface area contributed by atoms with Gasteiger partial charge in [0.25, 0.3) is 0 Å². The van der Waals surface area contributed by atoms with Gasteiger partial charge in [-0.1, -0.05) is 42.5 Å². The summed E-state index contributed by atoms with van der Waals surface area (Å²) in [5.41, 5.74) is 2.38. The van der Waals surface area contributed by atoms with Crippen LogP contribution in [0.4, 0.5) is 11.4 Å². The molecule has 2 aromatic rings. The van der Waals surface area contributed by atoms with Crippen LogP contribution in [0.25, 0.3) is 0 Å². The quantitative estimate of drug-likeness (QED) is 0.548. The van der Waals surface area contributed by atoms with Crippen LogP contribution in [0.15, 0.2) is 73.3 Å². The Bertz CT molecular complexity index is 405. The van der Waals surface area contributed by atoms with Crippen molar-refractivity contribution in [3.8, 4) is 0 Å². The summed E-state index contributed by atoms with van der Waals surface area (Å²) in [6.45, 7) is 4.62. The Morgan fingerprint density at radius 2 is 1.29 bits per heavy atom. The smallest absolute Gasteiger partial charge is 1.00 e. The number of hydrogen-bond acceptors (Lipinski definition) is 1. The summed E-state index contributed by atoms with van der Waals surface area (Å²) in [5.74, 6) is 0. The Morgan fingerprint density at radius 3 is 1.65 bits per heavy atom. The van der Waals surface area contributed by atoms with Gasteiger partial charge in [-0.15, -0.1) is 6.58 Å². The van der Waals surface area contributed by atoms with Gasteiger partial charge in [-0.25, -0.2) is 0 Å². The second kappa shape index (κ2) is 7.01. The predicted octanol–water partition coefficient (Wildman–Crippen LogP) is 1.13. The standard InChI is InChI=1S/C15H15N.Li.H/c1-2-13-16(14-9-5-3-6-10-14)15-11-7-4-8-12-15;;/h2-12H,1,13H2;;/q;+1;-1. The van der Waals surface area contributed by atoms with Crippen LogP contribution in [0, 0.1) is 0 Å². The number of anilines is 2. The monoisotopic (exact) mass is 217 g/mol. The van der Waals surface area contributed by atoms with Crippen LogP contribution in [0.2, 0.25) is 0 Å². The molecule has 0 aliphatic carbocycles. The van der Waals surface area contributed by atoms with E-state index in [0.29, 0.717) is 0 Å². The molecule has 82 valence electrons. The van der Waals surface area contributed by atoms with Crippen molar-refractivity contribution >= 4 is 11.4 Å². The van der Waals surface area contributed by atoms with E-state index in [0.717, 1.165) is 6.54 Å². The van der Waals surface area contributed by atoms with Crippen LogP contribution in [0.3, 0.4) is 0 Å². The zero-order chi connectivity index (χ0) is 11.2. The van der Waals surface area contributed by atoms with Crippen molar-refractivity contribution in [1.82, 2.24) is 0 Å². The molecule has 0 saturated heterocycles. The molecule has 2 heteroatoms. The number of para-hydroxylation sites is 2. The van der Waals surface area contributed by atoms with Crippen molar-refractivity contribution in [2.45, 2.75) is 0 Å². The Balaban J connectivity index is 0.00000144. The molecule has 0 fully saturated rings. The first kappa shape index (κ1) is 13.6. The molecule has 0 heterocycles. The molecule has 0 unspecified atom stereocenters. The molecule has 0 aliphatic rings. The zero-order valence-electron chi connectivity index (χ0n) is 11.2. The van der Waals surface area contributed by atoms with Gasteiger partial charge >= 0.3 is 18.9 Å². The van der Waals surface area contributed by atoms with Gasteiger partial charge in [-0.05, 0) is 24.3 Å². The van der Waals surface area contributed by atoms with Crippen LogP contribution in [0.1, 0.15) is 1.43 Å². The van der Waals surface area contributed by atoms with E-state index in [1.165, 1.54) is 11.4 Å². The van der Waals surface area contributed by atoms with Crippen LogP contribution in [-0.2, 0) is 0 Å². The molecule has 0 aromatic heterocycles. The fourth-order valence-electron chi connectivity index (χ4n) is 1.70. The molecule has 2 rings (SSSR count). The van der Waals surface area contributed by atoms with Gasteiger partial charge in [0.15, 0.2) is 0 Å². The van der Waals surface area contributed by atoms with Crippen molar-refractivity contribution in [2.75, 3.05) is 11.4 Å². The Morgan fingerprint density at radius 1 is 0.882 bits per heavy atom. The molecular formula is C15H16LiN. The molecule has 0 saturated carbocycles. The van der Waals surface area contributed by atoms with Gasteiger partial charge in [-0.2, -0.15) is 0 Å².